The van der Waals surface area contributed by atoms with Gasteiger partial charge in [0.2, 0.25) is 0 Å². The molecule has 0 heterocycles. The first kappa shape index (κ1) is 20.2. The lowest BCUT2D eigenvalue weighted by Gasteiger charge is -2.26. The maximum atomic E-state index is 14.5. The van der Waals surface area contributed by atoms with Crippen LogP contribution in [0.3, 0.4) is 0 Å². The predicted molar refractivity (Wildman–Crippen MR) is 109 cm³/mol. The van der Waals surface area contributed by atoms with Crippen molar-refractivity contribution in [1.82, 2.24) is 0 Å². The Balaban J connectivity index is 1.57. The van der Waals surface area contributed by atoms with Crippen molar-refractivity contribution in [3.8, 4) is 11.8 Å². The Bertz CT molecular complexity index is 1170. The summed E-state index contributed by atoms with van der Waals surface area (Å²) in [6.45, 7) is 1.80. The lowest BCUT2D eigenvalue weighted by molar-refractivity contribution is 0.468. The van der Waals surface area contributed by atoms with Gasteiger partial charge in [-0.1, -0.05) is 43.0 Å². The smallest absolute Gasteiger partial charge is 0.174 e. The Hall–Kier alpha value is -3.06. The molecule has 0 aliphatic heterocycles. The van der Waals surface area contributed by atoms with Gasteiger partial charge in [0.05, 0.1) is 5.56 Å². The van der Waals surface area contributed by atoms with E-state index >= 15 is 0 Å². The zero-order valence-electron chi connectivity index (χ0n) is 16.5. The highest BCUT2D eigenvalue weighted by Gasteiger charge is 2.25. The van der Waals surface area contributed by atoms with Gasteiger partial charge in [-0.25, -0.2) is 17.6 Å². The number of rotatable bonds is 2. The summed E-state index contributed by atoms with van der Waals surface area (Å²) < 4.78 is 55.8. The number of fused-ring (bicyclic) bond motifs is 1. The largest absolute Gasteiger partial charge is 0.204 e. The summed E-state index contributed by atoms with van der Waals surface area (Å²) in [4.78, 5) is 0. The molecule has 1 aliphatic rings. The van der Waals surface area contributed by atoms with Gasteiger partial charge in [-0.3, -0.25) is 0 Å². The highest BCUT2D eigenvalue weighted by molar-refractivity contribution is 5.47. The molecule has 3 aromatic rings. The molecule has 0 spiro atoms. The van der Waals surface area contributed by atoms with Crippen LogP contribution in [0.2, 0.25) is 0 Å². The van der Waals surface area contributed by atoms with E-state index in [-0.39, 0.29) is 11.5 Å². The maximum absolute atomic E-state index is 14.5. The van der Waals surface area contributed by atoms with Gasteiger partial charge in [-0.05, 0) is 78.1 Å². The third-order valence-electron chi connectivity index (χ3n) is 5.74. The molecular weight excluding hydrogens is 388 g/mol. The minimum absolute atomic E-state index is 0.0146. The minimum Gasteiger partial charge on any atom is -0.204 e. The van der Waals surface area contributed by atoms with Crippen LogP contribution in [0.25, 0.3) is 0 Å². The lowest BCUT2D eigenvalue weighted by Crippen LogP contribution is -2.15. The average molecular weight is 408 g/mol. The molecule has 1 unspecified atom stereocenters. The SMILES string of the molecule is CCc1ccc(C2CCc3cc(C#Cc4cccc(F)c4F)ccc3C2)c(F)c1F. The van der Waals surface area contributed by atoms with E-state index in [1.165, 1.54) is 12.1 Å². The summed E-state index contributed by atoms with van der Waals surface area (Å²) >= 11 is 0. The highest BCUT2D eigenvalue weighted by atomic mass is 19.2. The van der Waals surface area contributed by atoms with Crippen LogP contribution in [0.15, 0.2) is 48.5 Å². The fourth-order valence-electron chi connectivity index (χ4n) is 4.03. The Labute approximate surface area is 173 Å². The molecule has 0 saturated carbocycles. The molecule has 152 valence electrons. The number of hydrogen-bond acceptors (Lipinski definition) is 0. The number of benzene rings is 3. The normalized spacial score (nSPS) is 15.3. The minimum atomic E-state index is -0.950. The van der Waals surface area contributed by atoms with Crippen LogP contribution in [0.1, 0.15) is 52.6 Å². The molecule has 0 nitrogen and oxygen atoms in total. The van der Waals surface area contributed by atoms with Gasteiger partial charge in [0.15, 0.2) is 23.3 Å². The Kier molecular flexibility index (Phi) is 5.63. The molecule has 0 bridgehead atoms. The van der Waals surface area contributed by atoms with Crippen molar-refractivity contribution in [2.24, 2.45) is 0 Å². The van der Waals surface area contributed by atoms with E-state index in [1.807, 2.05) is 18.2 Å². The zero-order valence-corrected chi connectivity index (χ0v) is 16.5. The van der Waals surface area contributed by atoms with E-state index in [1.54, 1.807) is 19.1 Å². The topological polar surface area (TPSA) is 0 Å². The Morgan fingerprint density at radius 3 is 2.50 bits per heavy atom. The van der Waals surface area contributed by atoms with Crippen molar-refractivity contribution >= 4 is 0 Å². The van der Waals surface area contributed by atoms with Crippen molar-refractivity contribution < 1.29 is 17.6 Å². The summed E-state index contributed by atoms with van der Waals surface area (Å²) in [7, 11) is 0. The standard InChI is InChI=1S/C26H20F4/c1-2-17-12-13-22(26(30)25(17)29)21-11-10-19-14-16(7-9-20(19)15-21)6-8-18-4-3-5-23(27)24(18)28/h3-5,7,9,12-14,21H,2,10-11,15H2,1H3. The van der Waals surface area contributed by atoms with Gasteiger partial charge in [0.1, 0.15) is 0 Å². The predicted octanol–water partition coefficient (Wildman–Crippen LogP) is 6.48. The van der Waals surface area contributed by atoms with Gasteiger partial charge in [-0.2, -0.15) is 0 Å². The number of aryl methyl sites for hydroxylation is 2. The van der Waals surface area contributed by atoms with E-state index in [4.69, 9.17) is 0 Å². The first-order chi connectivity index (χ1) is 14.5. The second-order valence-electron chi connectivity index (χ2n) is 7.57. The second kappa shape index (κ2) is 8.36. The highest BCUT2D eigenvalue weighted by Crippen LogP contribution is 2.35. The van der Waals surface area contributed by atoms with Crippen LogP contribution in [-0.2, 0) is 19.3 Å². The van der Waals surface area contributed by atoms with Crippen LogP contribution in [-0.4, -0.2) is 0 Å². The van der Waals surface area contributed by atoms with Crippen molar-refractivity contribution in [3.63, 3.8) is 0 Å². The molecule has 0 N–H and O–H groups in total. The zero-order chi connectivity index (χ0) is 21.3. The molecular formula is C26H20F4. The second-order valence-corrected chi connectivity index (χ2v) is 7.57. The summed E-state index contributed by atoms with van der Waals surface area (Å²) in [5.74, 6) is 2.15. The molecule has 0 aromatic heterocycles. The summed E-state index contributed by atoms with van der Waals surface area (Å²) in [5.41, 5.74) is 3.73. The van der Waals surface area contributed by atoms with Crippen molar-refractivity contribution in [2.45, 2.75) is 38.5 Å². The van der Waals surface area contributed by atoms with Crippen LogP contribution < -0.4 is 0 Å². The molecule has 4 heteroatoms. The maximum Gasteiger partial charge on any atom is 0.174 e. The van der Waals surface area contributed by atoms with E-state index in [2.05, 4.69) is 11.8 Å². The summed E-state index contributed by atoms with van der Waals surface area (Å²) in [6.07, 6.45) is 2.52. The molecule has 4 rings (SSSR count). The molecule has 30 heavy (non-hydrogen) atoms. The molecule has 3 aromatic carbocycles. The van der Waals surface area contributed by atoms with Gasteiger partial charge in [-0.15, -0.1) is 0 Å². The van der Waals surface area contributed by atoms with Crippen LogP contribution >= 0.6 is 0 Å². The molecule has 0 saturated heterocycles. The van der Waals surface area contributed by atoms with Crippen molar-refractivity contribution in [1.29, 1.82) is 0 Å². The molecule has 1 aliphatic carbocycles. The van der Waals surface area contributed by atoms with E-state index in [0.717, 1.165) is 23.6 Å². The first-order valence-corrected chi connectivity index (χ1v) is 10.0. The third-order valence-corrected chi connectivity index (χ3v) is 5.74. The fourth-order valence-corrected chi connectivity index (χ4v) is 4.03. The molecule has 0 amide bonds. The first-order valence-electron chi connectivity index (χ1n) is 10.0. The quantitative estimate of drug-likeness (QED) is 0.336. The van der Waals surface area contributed by atoms with Crippen LogP contribution in [0.4, 0.5) is 17.6 Å². The van der Waals surface area contributed by atoms with Crippen LogP contribution in [0.5, 0.6) is 0 Å². The van der Waals surface area contributed by atoms with Crippen molar-refractivity contribution in [2.75, 3.05) is 0 Å². The average Bonchev–Trinajstić information content (AvgIpc) is 2.76. The Morgan fingerprint density at radius 2 is 1.70 bits per heavy atom. The van der Waals surface area contributed by atoms with Gasteiger partial charge < -0.3 is 0 Å². The molecule has 0 fully saturated rings. The fraction of sp³-hybridized carbons (Fsp3) is 0.231. The molecule has 1 atom stereocenters. The van der Waals surface area contributed by atoms with E-state index in [9.17, 15) is 17.6 Å². The van der Waals surface area contributed by atoms with Crippen molar-refractivity contribution in [3.05, 3.63) is 105 Å². The van der Waals surface area contributed by atoms with Crippen LogP contribution in [0, 0.1) is 35.1 Å². The van der Waals surface area contributed by atoms with E-state index < -0.39 is 23.3 Å². The number of halogens is 4. The summed E-state index contributed by atoms with van der Waals surface area (Å²) in [6, 6.07) is 13.0. The summed E-state index contributed by atoms with van der Waals surface area (Å²) in [5, 5.41) is 0. The lowest BCUT2D eigenvalue weighted by atomic mass is 9.79. The monoisotopic (exact) mass is 408 g/mol. The van der Waals surface area contributed by atoms with Gasteiger partial charge >= 0.3 is 0 Å². The number of hydrogen-bond donors (Lipinski definition) is 0. The Morgan fingerprint density at radius 1 is 0.867 bits per heavy atom. The molecule has 0 radical (unpaired) electrons. The van der Waals surface area contributed by atoms with Gasteiger partial charge in [0.25, 0.3) is 0 Å². The van der Waals surface area contributed by atoms with Gasteiger partial charge in [0, 0.05) is 5.56 Å². The third kappa shape index (κ3) is 3.85. The van der Waals surface area contributed by atoms with E-state index in [0.29, 0.717) is 36.0 Å².